The lowest BCUT2D eigenvalue weighted by Gasteiger charge is -2.08. The standard InChI is InChI=1S/C18H19N5/c1-18(2,3)6-4-12-8-13(11-5-7-21-15(19)10-11)9-14-16(12)22-23-17(14)20/h5,7-10H,1-3H3,(H2,19,21)(H3,20,22,23). The van der Waals surface area contributed by atoms with Gasteiger partial charge in [-0.05, 0) is 56.2 Å². The highest BCUT2D eigenvalue weighted by atomic mass is 15.1. The second kappa shape index (κ2) is 5.33. The lowest BCUT2D eigenvalue weighted by Crippen LogP contribution is -1.99. The normalized spacial score (nSPS) is 11.3. The van der Waals surface area contributed by atoms with E-state index in [4.69, 9.17) is 11.5 Å². The van der Waals surface area contributed by atoms with Crippen LogP contribution in [0.2, 0.25) is 0 Å². The molecule has 0 spiro atoms. The molecule has 3 aromatic rings. The van der Waals surface area contributed by atoms with Crippen LogP contribution >= 0.6 is 0 Å². The maximum atomic E-state index is 5.98. The van der Waals surface area contributed by atoms with Gasteiger partial charge in [0.25, 0.3) is 0 Å². The Kier molecular flexibility index (Phi) is 3.45. The summed E-state index contributed by atoms with van der Waals surface area (Å²) in [5, 5.41) is 7.93. The number of nitrogens with one attached hydrogen (secondary N) is 1. The number of H-pyrrole nitrogens is 1. The molecule has 0 saturated heterocycles. The summed E-state index contributed by atoms with van der Waals surface area (Å²) in [5.74, 6) is 7.43. The van der Waals surface area contributed by atoms with Crippen molar-refractivity contribution in [1.82, 2.24) is 15.2 Å². The topological polar surface area (TPSA) is 93.6 Å². The third-order valence-electron chi connectivity index (χ3n) is 3.39. The smallest absolute Gasteiger partial charge is 0.153 e. The van der Waals surface area contributed by atoms with E-state index < -0.39 is 0 Å². The average molecular weight is 305 g/mol. The number of nitrogens with zero attached hydrogens (tertiary/aromatic N) is 2. The molecule has 0 fully saturated rings. The summed E-state index contributed by atoms with van der Waals surface area (Å²) < 4.78 is 0. The number of hydrogen-bond donors (Lipinski definition) is 3. The van der Waals surface area contributed by atoms with Gasteiger partial charge in [-0.2, -0.15) is 5.10 Å². The summed E-state index contributed by atoms with van der Waals surface area (Å²) in [5.41, 5.74) is 15.4. The summed E-state index contributed by atoms with van der Waals surface area (Å²) in [6.45, 7) is 6.23. The molecule has 0 aliphatic heterocycles. The van der Waals surface area contributed by atoms with Gasteiger partial charge in [-0.25, -0.2) is 4.98 Å². The van der Waals surface area contributed by atoms with Crippen molar-refractivity contribution in [1.29, 1.82) is 0 Å². The van der Waals surface area contributed by atoms with Crippen molar-refractivity contribution in [2.24, 2.45) is 5.41 Å². The fourth-order valence-corrected chi connectivity index (χ4v) is 2.29. The Hall–Kier alpha value is -3.00. The highest BCUT2D eigenvalue weighted by Gasteiger charge is 2.11. The van der Waals surface area contributed by atoms with Crippen molar-refractivity contribution in [3.8, 4) is 23.0 Å². The second-order valence-corrected chi connectivity index (χ2v) is 6.52. The molecule has 5 heteroatoms. The third kappa shape index (κ3) is 3.11. The molecule has 0 bridgehead atoms. The minimum Gasteiger partial charge on any atom is -0.384 e. The molecule has 0 aliphatic rings. The lowest BCUT2D eigenvalue weighted by molar-refractivity contribution is 0.571. The molecule has 0 aliphatic carbocycles. The van der Waals surface area contributed by atoms with Crippen molar-refractivity contribution in [3.63, 3.8) is 0 Å². The van der Waals surface area contributed by atoms with Crippen LogP contribution in [0.1, 0.15) is 26.3 Å². The maximum absolute atomic E-state index is 5.98. The first-order valence-electron chi connectivity index (χ1n) is 7.36. The molecular formula is C18H19N5. The second-order valence-electron chi connectivity index (χ2n) is 6.52. The minimum atomic E-state index is -0.0883. The monoisotopic (exact) mass is 305 g/mol. The number of aromatic nitrogens is 3. The number of hydrogen-bond acceptors (Lipinski definition) is 4. The number of benzene rings is 1. The number of rotatable bonds is 1. The van der Waals surface area contributed by atoms with Crippen LogP contribution in [0.4, 0.5) is 11.6 Å². The number of nitrogens with two attached hydrogens (primary N) is 2. The fraction of sp³-hybridized carbons (Fsp3) is 0.222. The van der Waals surface area contributed by atoms with Crippen LogP contribution in [-0.4, -0.2) is 15.2 Å². The number of pyridine rings is 1. The van der Waals surface area contributed by atoms with Crippen LogP contribution < -0.4 is 11.5 Å². The van der Waals surface area contributed by atoms with Gasteiger partial charge in [0.15, 0.2) is 5.82 Å². The summed E-state index contributed by atoms with van der Waals surface area (Å²) in [7, 11) is 0. The molecule has 3 rings (SSSR count). The Morgan fingerprint density at radius 2 is 1.87 bits per heavy atom. The summed E-state index contributed by atoms with van der Waals surface area (Å²) in [6.07, 6.45) is 1.69. The SMILES string of the molecule is CC(C)(C)C#Cc1cc(-c2ccnc(N)c2)cc2c(N)n[nH]c12. The molecule has 1 aromatic carbocycles. The first-order chi connectivity index (χ1) is 10.8. The molecule has 5 N–H and O–H groups in total. The summed E-state index contributed by atoms with van der Waals surface area (Å²) in [4.78, 5) is 4.03. The molecule has 0 saturated carbocycles. The van der Waals surface area contributed by atoms with Crippen molar-refractivity contribution in [3.05, 3.63) is 36.0 Å². The molecule has 0 radical (unpaired) electrons. The van der Waals surface area contributed by atoms with E-state index in [1.807, 2.05) is 24.3 Å². The van der Waals surface area contributed by atoms with Crippen molar-refractivity contribution < 1.29 is 0 Å². The van der Waals surface area contributed by atoms with E-state index in [1.54, 1.807) is 6.20 Å². The number of fused-ring (bicyclic) bond motifs is 1. The van der Waals surface area contributed by atoms with E-state index in [0.717, 1.165) is 27.6 Å². The zero-order chi connectivity index (χ0) is 16.6. The highest BCUT2D eigenvalue weighted by Crippen LogP contribution is 2.29. The lowest BCUT2D eigenvalue weighted by atomic mass is 9.96. The van der Waals surface area contributed by atoms with Gasteiger partial charge in [0.2, 0.25) is 0 Å². The number of anilines is 2. The highest BCUT2D eigenvalue weighted by molar-refractivity contribution is 5.96. The zero-order valence-electron chi connectivity index (χ0n) is 13.4. The van der Waals surface area contributed by atoms with Gasteiger partial charge >= 0.3 is 0 Å². The van der Waals surface area contributed by atoms with Gasteiger partial charge in [0, 0.05) is 17.0 Å². The van der Waals surface area contributed by atoms with E-state index in [0.29, 0.717) is 11.6 Å². The van der Waals surface area contributed by atoms with Crippen LogP contribution in [0.5, 0.6) is 0 Å². The molecule has 2 aromatic heterocycles. The molecule has 0 amide bonds. The van der Waals surface area contributed by atoms with Gasteiger partial charge in [-0.15, -0.1) is 0 Å². The molecule has 2 heterocycles. The predicted molar refractivity (Wildman–Crippen MR) is 94.5 cm³/mol. The van der Waals surface area contributed by atoms with Crippen molar-refractivity contribution in [2.45, 2.75) is 20.8 Å². The van der Waals surface area contributed by atoms with E-state index >= 15 is 0 Å². The van der Waals surface area contributed by atoms with Crippen LogP contribution in [0.15, 0.2) is 30.5 Å². The van der Waals surface area contributed by atoms with E-state index in [1.165, 1.54) is 0 Å². The zero-order valence-corrected chi connectivity index (χ0v) is 13.4. The quantitative estimate of drug-likeness (QED) is 0.602. The number of nitrogen functional groups attached to an aromatic ring is 2. The molecular weight excluding hydrogens is 286 g/mol. The van der Waals surface area contributed by atoms with Gasteiger partial charge < -0.3 is 11.5 Å². The van der Waals surface area contributed by atoms with Crippen LogP contribution in [-0.2, 0) is 0 Å². The van der Waals surface area contributed by atoms with Gasteiger partial charge in [0.05, 0.1) is 11.1 Å². The Morgan fingerprint density at radius 1 is 1.09 bits per heavy atom. The van der Waals surface area contributed by atoms with Crippen molar-refractivity contribution in [2.75, 3.05) is 11.5 Å². The van der Waals surface area contributed by atoms with E-state index in [2.05, 4.69) is 47.8 Å². The summed E-state index contributed by atoms with van der Waals surface area (Å²) >= 11 is 0. The van der Waals surface area contributed by atoms with Gasteiger partial charge in [0.1, 0.15) is 5.82 Å². The first-order valence-corrected chi connectivity index (χ1v) is 7.36. The van der Waals surface area contributed by atoms with Gasteiger partial charge in [-0.3, -0.25) is 5.10 Å². The van der Waals surface area contributed by atoms with Crippen LogP contribution in [0.3, 0.4) is 0 Å². The molecule has 0 atom stereocenters. The number of aromatic amines is 1. The molecule has 0 unspecified atom stereocenters. The van der Waals surface area contributed by atoms with Crippen molar-refractivity contribution >= 4 is 22.5 Å². The Balaban J connectivity index is 2.24. The van der Waals surface area contributed by atoms with E-state index in [9.17, 15) is 0 Å². The average Bonchev–Trinajstić information content (AvgIpc) is 2.86. The van der Waals surface area contributed by atoms with Crippen LogP contribution in [0.25, 0.3) is 22.0 Å². The first kappa shape index (κ1) is 14.9. The third-order valence-corrected chi connectivity index (χ3v) is 3.39. The molecule has 116 valence electrons. The Labute approximate surface area is 135 Å². The largest absolute Gasteiger partial charge is 0.384 e. The predicted octanol–water partition coefficient (Wildman–Crippen LogP) is 3.19. The summed E-state index contributed by atoms with van der Waals surface area (Å²) in [6, 6.07) is 7.76. The molecule has 23 heavy (non-hydrogen) atoms. The minimum absolute atomic E-state index is 0.0883. The van der Waals surface area contributed by atoms with Gasteiger partial charge in [-0.1, -0.05) is 11.8 Å². The fourth-order valence-electron chi connectivity index (χ4n) is 2.29. The Bertz CT molecular complexity index is 935. The molecule has 5 nitrogen and oxygen atoms in total. The van der Waals surface area contributed by atoms with Crippen LogP contribution in [0, 0.1) is 17.3 Å². The Morgan fingerprint density at radius 3 is 2.57 bits per heavy atom. The maximum Gasteiger partial charge on any atom is 0.153 e. The van der Waals surface area contributed by atoms with E-state index in [-0.39, 0.29) is 5.41 Å².